The summed E-state index contributed by atoms with van der Waals surface area (Å²) in [5.41, 5.74) is 1.74. The van der Waals surface area contributed by atoms with Crippen molar-refractivity contribution < 1.29 is 9.90 Å². The Morgan fingerprint density at radius 1 is 1.44 bits per heavy atom. The van der Waals surface area contributed by atoms with Crippen LogP contribution in [-0.4, -0.2) is 21.0 Å². The predicted molar refractivity (Wildman–Crippen MR) is 64.7 cm³/mol. The highest BCUT2D eigenvalue weighted by atomic mass is 79.9. The van der Waals surface area contributed by atoms with E-state index in [1.807, 2.05) is 19.1 Å². The summed E-state index contributed by atoms with van der Waals surface area (Å²) < 4.78 is 0.708. The first kappa shape index (κ1) is 11.2. The van der Waals surface area contributed by atoms with Crippen molar-refractivity contribution in [3.05, 3.63) is 33.4 Å². The van der Waals surface area contributed by atoms with Crippen molar-refractivity contribution in [2.24, 2.45) is 0 Å². The van der Waals surface area contributed by atoms with Gasteiger partial charge in [0.2, 0.25) is 0 Å². The van der Waals surface area contributed by atoms with Gasteiger partial charge in [-0.2, -0.15) is 0 Å². The highest BCUT2D eigenvalue weighted by molar-refractivity contribution is 9.10. The molecule has 4 nitrogen and oxygen atoms in total. The molecule has 0 aliphatic carbocycles. The first-order valence-electron chi connectivity index (χ1n) is 4.40. The summed E-state index contributed by atoms with van der Waals surface area (Å²) in [5, 5.41) is 10.9. The van der Waals surface area contributed by atoms with Crippen LogP contribution in [0, 0.1) is 6.92 Å². The molecule has 0 aromatic carbocycles. The highest BCUT2D eigenvalue weighted by Crippen LogP contribution is 2.26. The maximum atomic E-state index is 10.7. The Balaban J connectivity index is 2.50. The molecule has 2 aromatic rings. The summed E-state index contributed by atoms with van der Waals surface area (Å²) in [7, 11) is 0. The van der Waals surface area contributed by atoms with Gasteiger partial charge in [-0.1, -0.05) is 6.07 Å². The van der Waals surface area contributed by atoms with Crippen molar-refractivity contribution in [1.82, 2.24) is 9.97 Å². The quantitative estimate of drug-likeness (QED) is 0.866. The van der Waals surface area contributed by atoms with E-state index in [-0.39, 0.29) is 5.69 Å². The van der Waals surface area contributed by atoms with E-state index in [1.54, 1.807) is 0 Å². The average Bonchev–Trinajstić information content (AvgIpc) is 2.70. The lowest BCUT2D eigenvalue weighted by Crippen LogP contribution is -1.96. The van der Waals surface area contributed by atoms with E-state index in [9.17, 15) is 4.79 Å². The molecule has 1 N–H and O–H groups in total. The first-order valence-corrected chi connectivity index (χ1v) is 6.07. The van der Waals surface area contributed by atoms with E-state index < -0.39 is 5.97 Å². The number of hydrogen-bond donors (Lipinski definition) is 1. The van der Waals surface area contributed by atoms with E-state index in [4.69, 9.17) is 5.11 Å². The third kappa shape index (κ3) is 2.12. The summed E-state index contributed by atoms with van der Waals surface area (Å²) >= 11 is 4.56. The molecule has 0 atom stereocenters. The Kier molecular flexibility index (Phi) is 3.02. The lowest BCUT2D eigenvalue weighted by molar-refractivity contribution is 0.0691. The Morgan fingerprint density at radius 2 is 2.19 bits per heavy atom. The molecule has 82 valence electrons. The fourth-order valence-electron chi connectivity index (χ4n) is 1.20. The van der Waals surface area contributed by atoms with E-state index in [1.165, 1.54) is 16.7 Å². The molecule has 2 rings (SSSR count). The van der Waals surface area contributed by atoms with Crippen molar-refractivity contribution in [1.29, 1.82) is 0 Å². The SMILES string of the molecule is Cc1ccc(Br)nc1-c1nc(C(=O)O)cs1. The zero-order chi connectivity index (χ0) is 11.7. The number of carboxylic acid groups (broad SMARTS) is 1. The molecule has 0 saturated carbocycles. The van der Waals surface area contributed by atoms with Crippen molar-refractivity contribution in [2.75, 3.05) is 0 Å². The van der Waals surface area contributed by atoms with Gasteiger partial charge in [-0.15, -0.1) is 11.3 Å². The van der Waals surface area contributed by atoms with Gasteiger partial charge >= 0.3 is 5.97 Å². The standard InChI is InChI=1S/C10H7BrN2O2S/c1-5-2-3-7(11)13-8(5)9-12-6(4-16-9)10(14)15/h2-4H,1H3,(H,14,15). The molecule has 0 radical (unpaired) electrons. The van der Waals surface area contributed by atoms with Crippen molar-refractivity contribution in [3.63, 3.8) is 0 Å². The van der Waals surface area contributed by atoms with Gasteiger partial charge in [-0.05, 0) is 34.5 Å². The Bertz CT molecular complexity index is 554. The molecule has 0 unspecified atom stereocenters. The molecule has 0 aliphatic heterocycles. The molecule has 6 heteroatoms. The second-order valence-electron chi connectivity index (χ2n) is 3.14. The number of rotatable bonds is 2. The zero-order valence-electron chi connectivity index (χ0n) is 8.27. The number of carbonyl (C=O) groups is 1. The molecular formula is C10H7BrN2O2S. The molecule has 0 bridgehead atoms. The van der Waals surface area contributed by atoms with Crippen LogP contribution in [-0.2, 0) is 0 Å². The van der Waals surface area contributed by atoms with Crippen LogP contribution in [0.25, 0.3) is 10.7 Å². The smallest absolute Gasteiger partial charge is 0.355 e. The minimum absolute atomic E-state index is 0.0566. The number of hydrogen-bond acceptors (Lipinski definition) is 4. The van der Waals surface area contributed by atoms with Crippen molar-refractivity contribution >= 4 is 33.2 Å². The lowest BCUT2D eigenvalue weighted by atomic mass is 10.2. The van der Waals surface area contributed by atoms with Crippen LogP contribution in [0.3, 0.4) is 0 Å². The van der Waals surface area contributed by atoms with Gasteiger partial charge in [-0.25, -0.2) is 14.8 Å². The number of aryl methyl sites for hydroxylation is 1. The van der Waals surface area contributed by atoms with E-state index in [0.717, 1.165) is 5.56 Å². The van der Waals surface area contributed by atoms with Gasteiger partial charge in [0.1, 0.15) is 15.3 Å². The van der Waals surface area contributed by atoms with Crippen LogP contribution in [0.4, 0.5) is 0 Å². The maximum Gasteiger partial charge on any atom is 0.355 e. The first-order chi connectivity index (χ1) is 7.58. The van der Waals surface area contributed by atoms with Gasteiger partial charge < -0.3 is 5.11 Å². The largest absolute Gasteiger partial charge is 0.476 e. The van der Waals surface area contributed by atoms with Gasteiger partial charge in [0, 0.05) is 5.38 Å². The van der Waals surface area contributed by atoms with Crippen molar-refractivity contribution in [3.8, 4) is 10.7 Å². The number of pyridine rings is 1. The fraction of sp³-hybridized carbons (Fsp3) is 0.100. The monoisotopic (exact) mass is 298 g/mol. The van der Waals surface area contributed by atoms with Crippen molar-refractivity contribution in [2.45, 2.75) is 6.92 Å². The number of aromatic nitrogens is 2. The maximum absolute atomic E-state index is 10.7. The average molecular weight is 299 g/mol. The summed E-state index contributed by atoms with van der Waals surface area (Å²) in [6.45, 7) is 1.91. The van der Waals surface area contributed by atoms with Gasteiger partial charge in [-0.3, -0.25) is 0 Å². The number of carboxylic acids is 1. The topological polar surface area (TPSA) is 63.1 Å². The number of thiazole rings is 1. The number of aromatic carboxylic acids is 1. The molecule has 0 saturated heterocycles. The molecule has 2 aromatic heterocycles. The molecule has 2 heterocycles. The van der Waals surface area contributed by atoms with Gasteiger partial charge in [0.15, 0.2) is 5.69 Å². The molecule has 0 aliphatic rings. The van der Waals surface area contributed by atoms with E-state index >= 15 is 0 Å². The van der Waals surface area contributed by atoms with Crippen LogP contribution in [0.1, 0.15) is 16.1 Å². The minimum Gasteiger partial charge on any atom is -0.476 e. The number of halogens is 1. The zero-order valence-corrected chi connectivity index (χ0v) is 10.7. The molecule has 16 heavy (non-hydrogen) atoms. The fourth-order valence-corrected chi connectivity index (χ4v) is 2.36. The summed E-state index contributed by atoms with van der Waals surface area (Å²) in [5.74, 6) is -1.02. The Labute approximate surface area is 104 Å². The normalized spacial score (nSPS) is 10.4. The molecule has 0 fully saturated rings. The number of nitrogens with zero attached hydrogens (tertiary/aromatic N) is 2. The van der Waals surface area contributed by atoms with E-state index in [2.05, 4.69) is 25.9 Å². The van der Waals surface area contributed by atoms with Crippen LogP contribution >= 0.6 is 27.3 Å². The Hall–Kier alpha value is -1.27. The van der Waals surface area contributed by atoms with Crippen LogP contribution in [0.15, 0.2) is 22.1 Å². The second-order valence-corrected chi connectivity index (χ2v) is 4.81. The minimum atomic E-state index is -1.02. The summed E-state index contributed by atoms with van der Waals surface area (Å²) in [6.07, 6.45) is 0. The Morgan fingerprint density at radius 3 is 2.81 bits per heavy atom. The molecule has 0 spiro atoms. The van der Waals surface area contributed by atoms with Crippen LogP contribution in [0.5, 0.6) is 0 Å². The highest BCUT2D eigenvalue weighted by Gasteiger charge is 2.12. The third-order valence-electron chi connectivity index (χ3n) is 1.99. The second kappa shape index (κ2) is 4.31. The van der Waals surface area contributed by atoms with Crippen LogP contribution in [0.2, 0.25) is 0 Å². The summed E-state index contributed by atoms with van der Waals surface area (Å²) in [4.78, 5) is 19.0. The van der Waals surface area contributed by atoms with Gasteiger partial charge in [0.05, 0.1) is 0 Å². The molecule has 0 amide bonds. The predicted octanol–water partition coefficient (Wildman–Crippen LogP) is 2.97. The van der Waals surface area contributed by atoms with Gasteiger partial charge in [0.25, 0.3) is 0 Å². The molecular weight excluding hydrogens is 292 g/mol. The van der Waals surface area contributed by atoms with E-state index in [0.29, 0.717) is 15.3 Å². The summed E-state index contributed by atoms with van der Waals surface area (Å²) in [6, 6.07) is 3.75. The van der Waals surface area contributed by atoms with Crippen LogP contribution < -0.4 is 0 Å². The third-order valence-corrected chi connectivity index (χ3v) is 3.28. The lowest BCUT2D eigenvalue weighted by Gasteiger charge is -2.00.